The van der Waals surface area contributed by atoms with Crippen molar-refractivity contribution in [2.45, 2.75) is 31.7 Å². The molecule has 4 rings (SSSR count). The number of carboxylic acid groups (broad SMARTS) is 1. The number of primary amides is 1. The molecule has 1 unspecified atom stereocenters. The minimum Gasteiger partial charge on any atom is -0.494 e. The summed E-state index contributed by atoms with van der Waals surface area (Å²) in [6.07, 6.45) is 2.70. The maximum atomic E-state index is 11.3. The number of H-pyrrole nitrogens is 1. The van der Waals surface area contributed by atoms with Crippen LogP contribution in [0.15, 0.2) is 42.5 Å². The van der Waals surface area contributed by atoms with Gasteiger partial charge in [0.15, 0.2) is 0 Å². The Morgan fingerprint density at radius 3 is 2.73 bits per heavy atom. The van der Waals surface area contributed by atoms with Crippen LogP contribution in [-0.2, 0) is 0 Å². The lowest BCUT2D eigenvalue weighted by Gasteiger charge is -2.33. The molecule has 156 valence electrons. The predicted molar refractivity (Wildman–Crippen MR) is 113 cm³/mol. The maximum absolute atomic E-state index is 11.3. The average molecular weight is 408 g/mol. The Kier molecular flexibility index (Phi) is 5.56. The molecule has 0 aliphatic carbocycles. The summed E-state index contributed by atoms with van der Waals surface area (Å²) < 4.78 is 5.83. The number of fused-ring (bicyclic) bond motifs is 1. The molecule has 1 aromatic heterocycles. The maximum Gasteiger partial charge on any atom is 0.407 e. The number of aromatic nitrogens is 2. The van der Waals surface area contributed by atoms with Crippen LogP contribution in [0.25, 0.3) is 22.4 Å². The number of amides is 2. The number of imidazole rings is 1. The monoisotopic (exact) mass is 408 g/mol. The fourth-order valence-corrected chi connectivity index (χ4v) is 3.87. The molecule has 30 heavy (non-hydrogen) atoms. The van der Waals surface area contributed by atoms with E-state index in [2.05, 4.69) is 9.97 Å². The number of hydrogen-bond donors (Lipinski definition) is 3. The van der Waals surface area contributed by atoms with E-state index >= 15 is 0 Å². The second kappa shape index (κ2) is 8.44. The van der Waals surface area contributed by atoms with Crippen molar-refractivity contribution in [1.82, 2.24) is 14.9 Å². The average Bonchev–Trinajstić information content (AvgIpc) is 3.18. The molecular weight excluding hydrogens is 384 g/mol. The number of rotatable bonds is 6. The Hall–Kier alpha value is -3.55. The topological polar surface area (TPSA) is 122 Å². The van der Waals surface area contributed by atoms with E-state index in [9.17, 15) is 14.7 Å². The molecule has 2 heterocycles. The minimum absolute atomic E-state index is 0.0244. The molecule has 1 fully saturated rings. The Balaban J connectivity index is 1.39. The van der Waals surface area contributed by atoms with E-state index in [1.165, 1.54) is 4.90 Å². The van der Waals surface area contributed by atoms with E-state index in [1.54, 1.807) is 18.2 Å². The number of piperidine rings is 1. The minimum atomic E-state index is -0.849. The second-order valence-electron chi connectivity index (χ2n) is 7.47. The fraction of sp³-hybridized carbons (Fsp3) is 0.318. The number of ether oxygens (including phenoxy) is 1. The number of nitrogens with two attached hydrogens (primary N) is 1. The van der Waals surface area contributed by atoms with Crippen molar-refractivity contribution >= 4 is 23.0 Å². The Labute approximate surface area is 173 Å². The van der Waals surface area contributed by atoms with Crippen molar-refractivity contribution in [3.05, 3.63) is 48.0 Å². The van der Waals surface area contributed by atoms with Crippen LogP contribution in [-0.4, -0.2) is 51.2 Å². The summed E-state index contributed by atoms with van der Waals surface area (Å²) in [6, 6.07) is 12.7. The van der Waals surface area contributed by atoms with Gasteiger partial charge >= 0.3 is 6.09 Å². The van der Waals surface area contributed by atoms with Gasteiger partial charge in [-0.2, -0.15) is 0 Å². The van der Waals surface area contributed by atoms with Crippen LogP contribution in [0.5, 0.6) is 5.75 Å². The van der Waals surface area contributed by atoms with Crippen LogP contribution >= 0.6 is 0 Å². The number of likely N-dealkylation sites (tertiary alicyclic amines) is 1. The van der Waals surface area contributed by atoms with Crippen molar-refractivity contribution in [3.63, 3.8) is 0 Å². The zero-order chi connectivity index (χ0) is 21.1. The van der Waals surface area contributed by atoms with E-state index in [4.69, 9.17) is 10.5 Å². The smallest absolute Gasteiger partial charge is 0.407 e. The van der Waals surface area contributed by atoms with Gasteiger partial charge in [-0.3, -0.25) is 4.79 Å². The largest absolute Gasteiger partial charge is 0.494 e. The highest BCUT2D eigenvalue weighted by Gasteiger charge is 2.26. The van der Waals surface area contributed by atoms with Crippen LogP contribution in [0, 0.1) is 0 Å². The molecule has 1 aliphatic heterocycles. The Morgan fingerprint density at radius 1 is 1.20 bits per heavy atom. The van der Waals surface area contributed by atoms with Gasteiger partial charge in [-0.25, -0.2) is 9.78 Å². The third-order valence-electron chi connectivity index (χ3n) is 5.49. The molecule has 0 radical (unpaired) electrons. The lowest BCUT2D eigenvalue weighted by molar-refractivity contribution is 0.0965. The van der Waals surface area contributed by atoms with Gasteiger partial charge in [0.05, 0.1) is 17.6 Å². The quantitative estimate of drug-likeness (QED) is 0.575. The van der Waals surface area contributed by atoms with Crippen LogP contribution in [0.4, 0.5) is 4.79 Å². The molecule has 1 atom stereocenters. The van der Waals surface area contributed by atoms with Crippen molar-refractivity contribution in [1.29, 1.82) is 0 Å². The summed E-state index contributed by atoms with van der Waals surface area (Å²) in [7, 11) is 0. The third-order valence-corrected chi connectivity index (χ3v) is 5.49. The second-order valence-corrected chi connectivity index (χ2v) is 7.47. The highest BCUT2D eigenvalue weighted by atomic mass is 16.5. The van der Waals surface area contributed by atoms with Gasteiger partial charge < -0.3 is 25.5 Å². The molecule has 8 nitrogen and oxygen atoms in total. The van der Waals surface area contributed by atoms with Gasteiger partial charge in [0.2, 0.25) is 5.91 Å². The summed E-state index contributed by atoms with van der Waals surface area (Å²) in [5.41, 5.74) is 8.16. The Morgan fingerprint density at radius 2 is 2.00 bits per heavy atom. The standard InChI is InChI=1S/C22H24N4O4/c23-20(27)15-6-9-18-19(13-15)25-21(24-18)14-4-7-17(8-5-14)30-12-10-16-3-1-2-11-26(16)22(28)29/h4-9,13,16H,1-3,10-12H2,(H2,23,27)(H,24,25)(H,28,29). The van der Waals surface area contributed by atoms with E-state index in [0.717, 1.165) is 41.6 Å². The fourth-order valence-electron chi connectivity index (χ4n) is 3.87. The van der Waals surface area contributed by atoms with Crippen molar-refractivity contribution in [2.75, 3.05) is 13.2 Å². The molecule has 0 saturated carbocycles. The number of aromatic amines is 1. The van der Waals surface area contributed by atoms with Crippen LogP contribution in [0.1, 0.15) is 36.0 Å². The highest BCUT2D eigenvalue weighted by Crippen LogP contribution is 2.24. The number of hydrogen-bond acceptors (Lipinski definition) is 4. The summed E-state index contributed by atoms with van der Waals surface area (Å²) >= 11 is 0. The summed E-state index contributed by atoms with van der Waals surface area (Å²) in [6.45, 7) is 1.07. The van der Waals surface area contributed by atoms with Crippen molar-refractivity contribution in [3.8, 4) is 17.1 Å². The summed E-state index contributed by atoms with van der Waals surface area (Å²) in [4.78, 5) is 32.0. The van der Waals surface area contributed by atoms with Crippen LogP contribution < -0.4 is 10.5 Å². The predicted octanol–water partition coefficient (Wildman–Crippen LogP) is 3.63. The number of nitrogens with one attached hydrogen (secondary N) is 1. The molecule has 0 spiro atoms. The number of nitrogens with zero attached hydrogens (tertiary/aromatic N) is 2. The summed E-state index contributed by atoms with van der Waals surface area (Å²) in [5.74, 6) is 0.940. The van der Waals surface area contributed by atoms with Crippen LogP contribution in [0.3, 0.4) is 0 Å². The zero-order valence-electron chi connectivity index (χ0n) is 16.5. The van der Waals surface area contributed by atoms with Gasteiger partial charge in [0.1, 0.15) is 11.6 Å². The molecule has 3 aromatic rings. The summed E-state index contributed by atoms with van der Waals surface area (Å²) in [5, 5.41) is 9.31. The first-order valence-electron chi connectivity index (χ1n) is 10.0. The normalized spacial score (nSPS) is 16.5. The lowest BCUT2D eigenvalue weighted by Crippen LogP contribution is -2.43. The van der Waals surface area contributed by atoms with Gasteiger partial charge in [-0.1, -0.05) is 0 Å². The van der Waals surface area contributed by atoms with E-state index in [0.29, 0.717) is 31.0 Å². The lowest BCUT2D eigenvalue weighted by atomic mass is 10.0. The van der Waals surface area contributed by atoms with Gasteiger partial charge in [0, 0.05) is 30.1 Å². The number of carbonyl (C=O) groups excluding carboxylic acids is 1. The third kappa shape index (κ3) is 4.22. The molecule has 1 aliphatic rings. The zero-order valence-corrected chi connectivity index (χ0v) is 16.5. The molecule has 8 heteroatoms. The van der Waals surface area contributed by atoms with Crippen molar-refractivity contribution < 1.29 is 19.4 Å². The number of benzene rings is 2. The SMILES string of the molecule is NC(=O)c1ccc2nc(-c3ccc(OCCC4CCCCN4C(=O)O)cc3)[nH]c2c1. The molecule has 1 saturated heterocycles. The first-order chi connectivity index (χ1) is 14.5. The molecule has 0 bridgehead atoms. The van der Waals surface area contributed by atoms with Gasteiger partial charge in [-0.05, 0) is 61.7 Å². The van der Waals surface area contributed by atoms with E-state index in [1.807, 2.05) is 24.3 Å². The molecule has 4 N–H and O–H groups in total. The van der Waals surface area contributed by atoms with Crippen molar-refractivity contribution in [2.24, 2.45) is 5.73 Å². The Bertz CT molecular complexity index is 1060. The first kappa shape index (κ1) is 19.8. The van der Waals surface area contributed by atoms with Crippen LogP contribution in [0.2, 0.25) is 0 Å². The molecule has 2 aromatic carbocycles. The molecule has 2 amide bonds. The van der Waals surface area contributed by atoms with E-state index < -0.39 is 12.0 Å². The highest BCUT2D eigenvalue weighted by molar-refractivity contribution is 5.96. The van der Waals surface area contributed by atoms with E-state index in [-0.39, 0.29) is 6.04 Å². The first-order valence-corrected chi connectivity index (χ1v) is 10.0. The number of carbonyl (C=O) groups is 2. The molecular formula is C22H24N4O4. The van der Waals surface area contributed by atoms with Gasteiger partial charge in [0.25, 0.3) is 0 Å². The van der Waals surface area contributed by atoms with Gasteiger partial charge in [-0.15, -0.1) is 0 Å².